The third-order valence-corrected chi connectivity index (χ3v) is 1.66. The van der Waals surface area contributed by atoms with Crippen LogP contribution in [0.15, 0.2) is 24.5 Å². The molecule has 0 aliphatic heterocycles. The molecule has 1 aromatic rings. The van der Waals surface area contributed by atoms with Gasteiger partial charge in [-0.05, 0) is 6.92 Å². The van der Waals surface area contributed by atoms with Gasteiger partial charge >= 0.3 is 0 Å². The van der Waals surface area contributed by atoms with Crippen LogP contribution in [0.4, 0.5) is 0 Å². The van der Waals surface area contributed by atoms with Gasteiger partial charge in [0.05, 0.1) is 0 Å². The quantitative estimate of drug-likeness (QED) is 0.501. The molecule has 0 bridgehead atoms. The van der Waals surface area contributed by atoms with Gasteiger partial charge in [0, 0.05) is 24.8 Å². The predicted molar refractivity (Wildman–Crippen MR) is 46.8 cm³/mol. The lowest BCUT2D eigenvalue weighted by molar-refractivity contribution is 0.780. The van der Waals surface area contributed by atoms with Crippen molar-refractivity contribution < 1.29 is 0 Å². The fourth-order valence-electron chi connectivity index (χ4n) is 0.848. The zero-order valence-electron chi connectivity index (χ0n) is 6.50. The van der Waals surface area contributed by atoms with Gasteiger partial charge in [0.1, 0.15) is 5.82 Å². The van der Waals surface area contributed by atoms with E-state index in [0.717, 1.165) is 12.4 Å². The number of alkyl halides is 1. The Morgan fingerprint density at radius 1 is 1.64 bits per heavy atom. The van der Waals surface area contributed by atoms with E-state index in [2.05, 4.69) is 9.55 Å². The van der Waals surface area contributed by atoms with Crippen molar-refractivity contribution in [2.75, 3.05) is 5.88 Å². The zero-order chi connectivity index (χ0) is 8.10. The number of hydrogen-bond donors (Lipinski definition) is 0. The average molecular weight is 171 g/mol. The smallest absolute Gasteiger partial charge is 0.105 e. The molecule has 0 atom stereocenters. The first-order chi connectivity index (χ1) is 5.34. The van der Waals surface area contributed by atoms with Crippen LogP contribution < -0.4 is 0 Å². The summed E-state index contributed by atoms with van der Waals surface area (Å²) >= 11 is 5.47. The Morgan fingerprint density at radius 3 is 3.00 bits per heavy atom. The summed E-state index contributed by atoms with van der Waals surface area (Å²) in [7, 11) is 0. The second-order valence-electron chi connectivity index (χ2n) is 2.25. The highest BCUT2D eigenvalue weighted by Gasteiger charge is 1.90. The molecule has 0 aliphatic rings. The van der Waals surface area contributed by atoms with Gasteiger partial charge in [0.15, 0.2) is 0 Å². The molecule has 0 unspecified atom stereocenters. The first kappa shape index (κ1) is 8.34. The van der Waals surface area contributed by atoms with Gasteiger partial charge in [-0.1, -0.05) is 12.2 Å². The standard InChI is InChI=1S/C8H11ClN2/c1-8-10-5-7-11(8)6-3-2-4-9/h2-3,5,7H,4,6H2,1H3. The Bertz CT molecular complexity index is 240. The lowest BCUT2D eigenvalue weighted by Crippen LogP contribution is -1.95. The first-order valence-electron chi connectivity index (χ1n) is 3.53. The van der Waals surface area contributed by atoms with Gasteiger partial charge in [-0.25, -0.2) is 4.98 Å². The predicted octanol–water partition coefficient (Wildman–Crippen LogP) is 1.99. The first-order valence-corrected chi connectivity index (χ1v) is 4.06. The Morgan fingerprint density at radius 2 is 2.45 bits per heavy atom. The minimum absolute atomic E-state index is 0.577. The number of halogens is 1. The highest BCUT2D eigenvalue weighted by Crippen LogP contribution is 1.94. The maximum atomic E-state index is 5.47. The second-order valence-corrected chi connectivity index (χ2v) is 2.56. The van der Waals surface area contributed by atoms with Crippen molar-refractivity contribution in [3.8, 4) is 0 Å². The molecular weight excluding hydrogens is 160 g/mol. The number of hydrogen-bond acceptors (Lipinski definition) is 1. The van der Waals surface area contributed by atoms with E-state index in [9.17, 15) is 0 Å². The molecule has 0 saturated carbocycles. The summed E-state index contributed by atoms with van der Waals surface area (Å²) in [6.07, 6.45) is 7.71. The summed E-state index contributed by atoms with van der Waals surface area (Å²) in [6.45, 7) is 2.84. The fourth-order valence-corrected chi connectivity index (χ4v) is 0.974. The molecule has 60 valence electrons. The normalized spacial score (nSPS) is 11.1. The third kappa shape index (κ3) is 2.39. The SMILES string of the molecule is Cc1nccn1CC=CCCl. The maximum absolute atomic E-state index is 5.47. The second kappa shape index (κ2) is 4.19. The molecule has 0 saturated heterocycles. The van der Waals surface area contributed by atoms with Crippen LogP contribution in [0, 0.1) is 6.92 Å². The molecule has 0 N–H and O–H groups in total. The number of aromatic nitrogens is 2. The molecule has 0 amide bonds. The lowest BCUT2D eigenvalue weighted by Gasteiger charge is -1.97. The molecular formula is C8H11ClN2. The molecule has 1 heterocycles. The Hall–Kier alpha value is -0.760. The summed E-state index contributed by atoms with van der Waals surface area (Å²) in [5, 5.41) is 0. The molecule has 0 radical (unpaired) electrons. The van der Waals surface area contributed by atoms with Crippen LogP contribution in [-0.4, -0.2) is 15.4 Å². The van der Waals surface area contributed by atoms with E-state index in [-0.39, 0.29) is 0 Å². The Balaban J connectivity index is 2.50. The van der Waals surface area contributed by atoms with Gasteiger partial charge in [0.2, 0.25) is 0 Å². The van der Waals surface area contributed by atoms with Gasteiger partial charge in [-0.15, -0.1) is 11.6 Å². The van der Waals surface area contributed by atoms with Crippen molar-refractivity contribution in [2.24, 2.45) is 0 Å². The summed E-state index contributed by atoms with van der Waals surface area (Å²) in [6, 6.07) is 0. The van der Waals surface area contributed by atoms with Crippen molar-refractivity contribution in [3.63, 3.8) is 0 Å². The number of imidazole rings is 1. The number of rotatable bonds is 3. The minimum Gasteiger partial charge on any atom is -0.331 e. The molecule has 1 aromatic heterocycles. The van der Waals surface area contributed by atoms with E-state index in [1.807, 2.05) is 25.3 Å². The largest absolute Gasteiger partial charge is 0.331 e. The lowest BCUT2D eigenvalue weighted by atomic mass is 10.5. The number of nitrogens with zero attached hydrogens (tertiary/aromatic N) is 2. The van der Waals surface area contributed by atoms with Crippen molar-refractivity contribution in [1.29, 1.82) is 0 Å². The molecule has 1 rings (SSSR count). The summed E-state index contributed by atoms with van der Waals surface area (Å²) in [5.41, 5.74) is 0. The molecule has 0 aliphatic carbocycles. The molecule has 3 heteroatoms. The van der Waals surface area contributed by atoms with Crippen LogP contribution in [-0.2, 0) is 6.54 Å². The Labute approximate surface area is 71.5 Å². The summed E-state index contributed by atoms with van der Waals surface area (Å²) < 4.78 is 2.06. The third-order valence-electron chi connectivity index (χ3n) is 1.48. The highest BCUT2D eigenvalue weighted by molar-refractivity contribution is 6.18. The number of aryl methyl sites for hydroxylation is 1. The van der Waals surface area contributed by atoms with Crippen LogP contribution >= 0.6 is 11.6 Å². The fraction of sp³-hybridized carbons (Fsp3) is 0.375. The van der Waals surface area contributed by atoms with Crippen molar-refractivity contribution >= 4 is 11.6 Å². The zero-order valence-corrected chi connectivity index (χ0v) is 7.25. The van der Waals surface area contributed by atoms with Crippen LogP contribution in [0.2, 0.25) is 0 Å². The van der Waals surface area contributed by atoms with E-state index in [1.165, 1.54) is 0 Å². The summed E-state index contributed by atoms with van der Waals surface area (Å²) in [5.74, 6) is 1.61. The average Bonchev–Trinajstić information content (AvgIpc) is 2.37. The monoisotopic (exact) mass is 170 g/mol. The minimum atomic E-state index is 0.577. The molecule has 0 spiro atoms. The van der Waals surface area contributed by atoms with E-state index < -0.39 is 0 Å². The van der Waals surface area contributed by atoms with Gasteiger partial charge in [-0.2, -0.15) is 0 Å². The number of allylic oxidation sites excluding steroid dienone is 2. The molecule has 2 nitrogen and oxygen atoms in total. The van der Waals surface area contributed by atoms with Crippen molar-refractivity contribution in [2.45, 2.75) is 13.5 Å². The van der Waals surface area contributed by atoms with E-state index in [4.69, 9.17) is 11.6 Å². The molecule has 0 aromatic carbocycles. The van der Waals surface area contributed by atoms with Crippen molar-refractivity contribution in [3.05, 3.63) is 30.4 Å². The highest BCUT2D eigenvalue weighted by atomic mass is 35.5. The topological polar surface area (TPSA) is 17.8 Å². The van der Waals surface area contributed by atoms with Gasteiger partial charge < -0.3 is 4.57 Å². The van der Waals surface area contributed by atoms with Crippen LogP contribution in [0.5, 0.6) is 0 Å². The van der Waals surface area contributed by atoms with Crippen LogP contribution in [0.1, 0.15) is 5.82 Å². The molecule has 11 heavy (non-hydrogen) atoms. The van der Waals surface area contributed by atoms with Gasteiger partial charge in [0.25, 0.3) is 0 Å². The Kier molecular flexibility index (Phi) is 3.17. The summed E-state index contributed by atoms with van der Waals surface area (Å²) in [4.78, 5) is 4.09. The van der Waals surface area contributed by atoms with E-state index in [1.54, 1.807) is 6.20 Å². The maximum Gasteiger partial charge on any atom is 0.105 e. The van der Waals surface area contributed by atoms with Crippen molar-refractivity contribution in [1.82, 2.24) is 9.55 Å². The van der Waals surface area contributed by atoms with Gasteiger partial charge in [-0.3, -0.25) is 0 Å². The van der Waals surface area contributed by atoms with Crippen LogP contribution in [0.3, 0.4) is 0 Å². The molecule has 0 fully saturated rings. The van der Waals surface area contributed by atoms with E-state index in [0.29, 0.717) is 5.88 Å². The van der Waals surface area contributed by atoms with Crippen LogP contribution in [0.25, 0.3) is 0 Å². The van der Waals surface area contributed by atoms with E-state index >= 15 is 0 Å².